The molecule has 3 heteroatoms. The molecule has 1 aromatic carbocycles. The molecule has 1 atom stereocenters. The molecule has 2 nitrogen and oxygen atoms in total. The second-order valence-electron chi connectivity index (χ2n) is 2.88. The van der Waals surface area contributed by atoms with Crippen LogP contribution in [0.1, 0.15) is 17.3 Å². The maximum atomic E-state index is 12.5. The van der Waals surface area contributed by atoms with Crippen molar-refractivity contribution in [1.29, 1.82) is 0 Å². The molecule has 70 valence electrons. The van der Waals surface area contributed by atoms with E-state index in [0.717, 1.165) is 0 Å². The summed E-state index contributed by atoms with van der Waals surface area (Å²) in [7, 11) is 1.71. The lowest BCUT2D eigenvalue weighted by molar-refractivity contribution is 0.0955. The van der Waals surface area contributed by atoms with Gasteiger partial charge in [-0.2, -0.15) is 0 Å². The van der Waals surface area contributed by atoms with E-state index < -0.39 is 0 Å². The van der Waals surface area contributed by atoms with Gasteiger partial charge >= 0.3 is 0 Å². The number of hydrogen-bond acceptors (Lipinski definition) is 2. The Morgan fingerprint density at radius 1 is 1.38 bits per heavy atom. The van der Waals surface area contributed by atoms with Gasteiger partial charge in [-0.25, -0.2) is 4.39 Å². The highest BCUT2D eigenvalue weighted by atomic mass is 19.1. The number of hydrogen-bond donors (Lipinski definition) is 1. The maximum Gasteiger partial charge on any atom is 0.179 e. The van der Waals surface area contributed by atoms with Crippen molar-refractivity contribution in [2.24, 2.45) is 0 Å². The van der Waals surface area contributed by atoms with Crippen molar-refractivity contribution in [1.82, 2.24) is 5.32 Å². The first-order chi connectivity index (χ1) is 6.15. The van der Waals surface area contributed by atoms with Gasteiger partial charge in [-0.3, -0.25) is 4.79 Å². The van der Waals surface area contributed by atoms with E-state index in [2.05, 4.69) is 5.32 Å². The smallest absolute Gasteiger partial charge is 0.179 e. The van der Waals surface area contributed by atoms with Gasteiger partial charge in [-0.05, 0) is 38.2 Å². The number of benzene rings is 1. The van der Waals surface area contributed by atoms with Gasteiger partial charge in [0.05, 0.1) is 6.04 Å². The minimum absolute atomic E-state index is 0.0255. The van der Waals surface area contributed by atoms with E-state index in [1.807, 2.05) is 0 Å². The number of likely N-dealkylation sites (N-methyl/N-ethyl adjacent to an activating group) is 1. The molecular weight excluding hydrogens is 169 g/mol. The molecule has 1 rings (SSSR count). The van der Waals surface area contributed by atoms with E-state index in [0.29, 0.717) is 5.56 Å². The average molecular weight is 181 g/mol. The number of Topliss-reactive ketones (excluding diaryl/α,β-unsaturated/α-hetero) is 1. The van der Waals surface area contributed by atoms with Gasteiger partial charge < -0.3 is 5.32 Å². The highest BCUT2D eigenvalue weighted by molar-refractivity contribution is 5.99. The van der Waals surface area contributed by atoms with Crippen LogP contribution >= 0.6 is 0 Å². The predicted molar refractivity (Wildman–Crippen MR) is 49.3 cm³/mol. The highest BCUT2D eigenvalue weighted by Gasteiger charge is 2.12. The zero-order valence-corrected chi connectivity index (χ0v) is 7.67. The number of carbonyl (C=O) groups excluding carboxylic acids is 1. The van der Waals surface area contributed by atoms with E-state index in [1.54, 1.807) is 14.0 Å². The topological polar surface area (TPSA) is 29.1 Å². The first-order valence-corrected chi connectivity index (χ1v) is 4.12. The van der Waals surface area contributed by atoms with Gasteiger partial charge in [0.2, 0.25) is 0 Å². The van der Waals surface area contributed by atoms with Crippen molar-refractivity contribution in [3.63, 3.8) is 0 Å². The molecule has 0 aliphatic heterocycles. The van der Waals surface area contributed by atoms with Crippen molar-refractivity contribution in [2.75, 3.05) is 7.05 Å². The zero-order chi connectivity index (χ0) is 9.84. The van der Waals surface area contributed by atoms with E-state index in [4.69, 9.17) is 0 Å². The van der Waals surface area contributed by atoms with Crippen LogP contribution in [0.5, 0.6) is 0 Å². The standard InChI is InChI=1S/C10H12FNO/c1-7(12-2)10(13)8-3-5-9(11)6-4-8/h3-7,12H,1-2H3. The van der Waals surface area contributed by atoms with Crippen molar-refractivity contribution in [2.45, 2.75) is 13.0 Å². The Hall–Kier alpha value is -1.22. The van der Waals surface area contributed by atoms with E-state index in [9.17, 15) is 9.18 Å². The molecule has 0 spiro atoms. The van der Waals surface area contributed by atoms with Crippen LogP contribution in [-0.4, -0.2) is 18.9 Å². The SMILES string of the molecule is CNC(C)C(=O)c1ccc(F)cc1. The molecule has 1 aromatic rings. The Kier molecular flexibility index (Phi) is 3.14. The van der Waals surface area contributed by atoms with Crippen molar-refractivity contribution in [3.8, 4) is 0 Å². The first-order valence-electron chi connectivity index (χ1n) is 4.12. The van der Waals surface area contributed by atoms with Gasteiger partial charge in [-0.15, -0.1) is 0 Å². The summed E-state index contributed by atoms with van der Waals surface area (Å²) >= 11 is 0. The summed E-state index contributed by atoms with van der Waals surface area (Å²) in [6, 6.07) is 5.33. The molecule has 0 fully saturated rings. The van der Waals surface area contributed by atoms with E-state index in [-0.39, 0.29) is 17.6 Å². The molecule has 0 saturated carbocycles. The third-order valence-corrected chi connectivity index (χ3v) is 1.96. The molecule has 1 N–H and O–H groups in total. The predicted octanol–water partition coefficient (Wildman–Crippen LogP) is 1.62. The highest BCUT2D eigenvalue weighted by Crippen LogP contribution is 2.05. The fourth-order valence-electron chi connectivity index (χ4n) is 0.995. The molecule has 0 aliphatic carbocycles. The summed E-state index contributed by atoms with van der Waals surface area (Å²) in [4.78, 5) is 11.5. The molecule has 0 bridgehead atoms. The van der Waals surface area contributed by atoms with Gasteiger partial charge in [0.15, 0.2) is 5.78 Å². The van der Waals surface area contributed by atoms with Crippen LogP contribution in [0.25, 0.3) is 0 Å². The Labute approximate surface area is 76.8 Å². The van der Waals surface area contributed by atoms with Crippen LogP contribution in [0.15, 0.2) is 24.3 Å². The number of rotatable bonds is 3. The normalized spacial score (nSPS) is 12.5. The monoisotopic (exact) mass is 181 g/mol. The van der Waals surface area contributed by atoms with Crippen molar-refractivity contribution >= 4 is 5.78 Å². The Morgan fingerprint density at radius 3 is 2.38 bits per heavy atom. The van der Waals surface area contributed by atoms with E-state index in [1.165, 1.54) is 24.3 Å². The fourth-order valence-corrected chi connectivity index (χ4v) is 0.995. The molecule has 0 aliphatic rings. The third-order valence-electron chi connectivity index (χ3n) is 1.96. The lowest BCUT2D eigenvalue weighted by atomic mass is 10.1. The minimum Gasteiger partial charge on any atom is -0.310 e. The summed E-state index contributed by atoms with van der Waals surface area (Å²) in [6.07, 6.45) is 0. The number of carbonyl (C=O) groups is 1. The first kappa shape index (κ1) is 9.86. The molecule has 0 aromatic heterocycles. The van der Waals surface area contributed by atoms with Gasteiger partial charge in [-0.1, -0.05) is 0 Å². The second-order valence-corrected chi connectivity index (χ2v) is 2.88. The fraction of sp³-hybridized carbons (Fsp3) is 0.300. The molecule has 1 unspecified atom stereocenters. The summed E-state index contributed by atoms with van der Waals surface area (Å²) < 4.78 is 12.5. The summed E-state index contributed by atoms with van der Waals surface area (Å²) in [5, 5.41) is 2.83. The van der Waals surface area contributed by atoms with Gasteiger partial charge in [0.25, 0.3) is 0 Å². The molecule has 0 saturated heterocycles. The van der Waals surface area contributed by atoms with Crippen molar-refractivity contribution in [3.05, 3.63) is 35.6 Å². The minimum atomic E-state index is -0.325. The van der Waals surface area contributed by atoms with Gasteiger partial charge in [0, 0.05) is 5.56 Å². The molecule has 0 heterocycles. The Balaban J connectivity index is 2.83. The Bertz CT molecular complexity index is 294. The van der Waals surface area contributed by atoms with Crippen LogP contribution in [0.2, 0.25) is 0 Å². The van der Waals surface area contributed by atoms with Crippen LogP contribution in [-0.2, 0) is 0 Å². The summed E-state index contributed by atoms with van der Waals surface area (Å²) in [5.74, 6) is -0.351. The molecule has 0 amide bonds. The Morgan fingerprint density at radius 2 is 1.92 bits per heavy atom. The summed E-state index contributed by atoms with van der Waals surface area (Å²) in [6.45, 7) is 1.77. The van der Waals surface area contributed by atoms with Crippen LogP contribution in [0.3, 0.4) is 0 Å². The maximum absolute atomic E-state index is 12.5. The van der Waals surface area contributed by atoms with E-state index >= 15 is 0 Å². The molecule has 0 radical (unpaired) electrons. The van der Waals surface area contributed by atoms with Crippen molar-refractivity contribution < 1.29 is 9.18 Å². The molecule has 13 heavy (non-hydrogen) atoms. The zero-order valence-electron chi connectivity index (χ0n) is 7.67. The molecular formula is C10H12FNO. The number of nitrogens with one attached hydrogen (secondary N) is 1. The van der Waals surface area contributed by atoms with Crippen LogP contribution < -0.4 is 5.32 Å². The van der Waals surface area contributed by atoms with Gasteiger partial charge in [0.1, 0.15) is 5.82 Å². The lowest BCUT2D eigenvalue weighted by Crippen LogP contribution is -2.30. The number of halogens is 1. The average Bonchev–Trinajstić information content (AvgIpc) is 2.17. The lowest BCUT2D eigenvalue weighted by Gasteiger charge is -2.08. The van der Waals surface area contributed by atoms with Crippen LogP contribution in [0, 0.1) is 5.82 Å². The summed E-state index contributed by atoms with van der Waals surface area (Å²) in [5.41, 5.74) is 0.531. The van der Waals surface area contributed by atoms with Crippen LogP contribution in [0.4, 0.5) is 4.39 Å². The number of ketones is 1. The largest absolute Gasteiger partial charge is 0.310 e. The second kappa shape index (κ2) is 4.14. The third kappa shape index (κ3) is 2.36. The quantitative estimate of drug-likeness (QED) is 0.718.